The summed E-state index contributed by atoms with van der Waals surface area (Å²) in [4.78, 5) is 12.0. The number of carbonyl (C=O) groups excluding carboxylic acids is 1. The van der Waals surface area contributed by atoms with Crippen LogP contribution >= 0.6 is 0 Å². The Balaban J connectivity index is 1.73. The lowest BCUT2D eigenvalue weighted by Gasteiger charge is -2.05. The van der Waals surface area contributed by atoms with Crippen LogP contribution in [0, 0.1) is 12.8 Å². The first-order chi connectivity index (χ1) is 10.5. The Kier molecular flexibility index (Phi) is 5.46. The maximum atomic E-state index is 12.0. The van der Waals surface area contributed by atoms with Gasteiger partial charge in [-0.2, -0.15) is 10.2 Å². The van der Waals surface area contributed by atoms with Crippen molar-refractivity contribution in [2.45, 2.75) is 27.2 Å². The lowest BCUT2D eigenvalue weighted by atomic mass is 10.1. The fourth-order valence-electron chi connectivity index (χ4n) is 1.97. The van der Waals surface area contributed by atoms with Gasteiger partial charge in [0.2, 0.25) is 0 Å². The van der Waals surface area contributed by atoms with Crippen LogP contribution in [0.4, 0.5) is 5.82 Å². The number of amides is 1. The number of H-pyrrole nitrogens is 1. The van der Waals surface area contributed by atoms with Crippen molar-refractivity contribution in [1.82, 2.24) is 25.7 Å². The number of nitrogens with one attached hydrogen (secondary N) is 3. The molecule has 2 aromatic heterocycles. The fourth-order valence-corrected chi connectivity index (χ4v) is 1.97. The second-order valence-corrected chi connectivity index (χ2v) is 5.62. The van der Waals surface area contributed by atoms with E-state index < -0.39 is 0 Å². The average Bonchev–Trinajstić information content (AvgIpc) is 2.93. The molecule has 0 aliphatic heterocycles. The summed E-state index contributed by atoms with van der Waals surface area (Å²) in [5.74, 6) is 1.04. The van der Waals surface area contributed by atoms with E-state index in [2.05, 4.69) is 44.9 Å². The Bertz CT molecular complexity index is 605. The molecule has 22 heavy (non-hydrogen) atoms. The zero-order valence-electron chi connectivity index (χ0n) is 13.2. The lowest BCUT2D eigenvalue weighted by Crippen LogP contribution is -2.29. The Morgan fingerprint density at radius 1 is 1.27 bits per heavy atom. The van der Waals surface area contributed by atoms with E-state index in [1.54, 1.807) is 6.07 Å². The van der Waals surface area contributed by atoms with Crippen LogP contribution in [-0.4, -0.2) is 39.4 Å². The molecule has 0 radical (unpaired) electrons. The molecule has 7 nitrogen and oxygen atoms in total. The highest BCUT2D eigenvalue weighted by molar-refractivity contribution is 5.92. The molecule has 0 saturated heterocycles. The van der Waals surface area contributed by atoms with Gasteiger partial charge in [-0.15, -0.1) is 5.10 Å². The third-order valence-corrected chi connectivity index (χ3v) is 3.01. The first-order valence-corrected chi connectivity index (χ1v) is 7.41. The molecule has 0 bridgehead atoms. The fraction of sp³-hybridized carbons (Fsp3) is 0.467. The van der Waals surface area contributed by atoms with E-state index in [0.29, 0.717) is 30.5 Å². The topological polar surface area (TPSA) is 95.6 Å². The summed E-state index contributed by atoms with van der Waals surface area (Å²) in [7, 11) is 0. The van der Waals surface area contributed by atoms with Crippen LogP contribution in [0.3, 0.4) is 0 Å². The molecule has 118 valence electrons. The van der Waals surface area contributed by atoms with Crippen molar-refractivity contribution >= 4 is 11.7 Å². The van der Waals surface area contributed by atoms with Gasteiger partial charge in [0.25, 0.3) is 5.91 Å². The van der Waals surface area contributed by atoms with E-state index >= 15 is 0 Å². The van der Waals surface area contributed by atoms with E-state index in [9.17, 15) is 4.79 Å². The summed E-state index contributed by atoms with van der Waals surface area (Å²) in [6.07, 6.45) is 0.883. The molecule has 2 heterocycles. The molecule has 0 spiro atoms. The largest absolute Gasteiger partial charge is 0.367 e. The van der Waals surface area contributed by atoms with Gasteiger partial charge in [-0.25, -0.2) is 0 Å². The van der Waals surface area contributed by atoms with Gasteiger partial charge in [0.05, 0.1) is 5.69 Å². The number of aromatic amines is 1. The van der Waals surface area contributed by atoms with Crippen molar-refractivity contribution in [1.29, 1.82) is 0 Å². The summed E-state index contributed by atoms with van der Waals surface area (Å²) in [6, 6.07) is 5.54. The molecule has 0 unspecified atom stereocenters. The predicted octanol–water partition coefficient (Wildman–Crippen LogP) is 1.55. The molecular weight excluding hydrogens is 280 g/mol. The van der Waals surface area contributed by atoms with Crippen LogP contribution < -0.4 is 10.6 Å². The number of carbonyl (C=O) groups is 1. The standard InChI is InChI=1S/C15H22N6O/c1-10(2)8-12-9-13(20-19-12)15(22)17-7-6-16-14-5-4-11(3)18-21-14/h4-5,9-10H,6-8H2,1-3H3,(H,16,21)(H,17,22)(H,19,20). The van der Waals surface area contributed by atoms with Gasteiger partial charge < -0.3 is 10.6 Å². The summed E-state index contributed by atoms with van der Waals surface area (Å²) in [5.41, 5.74) is 2.27. The molecule has 0 aliphatic rings. The number of hydrogen-bond acceptors (Lipinski definition) is 5. The number of aryl methyl sites for hydroxylation is 1. The molecule has 0 aliphatic carbocycles. The van der Waals surface area contributed by atoms with Crippen LogP contribution in [0.5, 0.6) is 0 Å². The second kappa shape index (κ2) is 7.53. The molecule has 3 N–H and O–H groups in total. The van der Waals surface area contributed by atoms with Crippen molar-refractivity contribution in [3.63, 3.8) is 0 Å². The lowest BCUT2D eigenvalue weighted by molar-refractivity contribution is 0.0950. The van der Waals surface area contributed by atoms with Crippen LogP contribution in [0.25, 0.3) is 0 Å². The smallest absolute Gasteiger partial charge is 0.271 e. The van der Waals surface area contributed by atoms with Crippen molar-refractivity contribution in [3.05, 3.63) is 35.3 Å². The van der Waals surface area contributed by atoms with Gasteiger partial charge >= 0.3 is 0 Å². The number of anilines is 1. The van der Waals surface area contributed by atoms with E-state index in [-0.39, 0.29) is 5.91 Å². The summed E-state index contributed by atoms with van der Waals surface area (Å²) < 4.78 is 0. The Labute approximate surface area is 129 Å². The predicted molar refractivity (Wildman–Crippen MR) is 84.7 cm³/mol. The number of nitrogens with zero attached hydrogens (tertiary/aromatic N) is 3. The van der Waals surface area contributed by atoms with Gasteiger partial charge in [0.15, 0.2) is 0 Å². The van der Waals surface area contributed by atoms with Crippen LogP contribution in [0.1, 0.15) is 35.7 Å². The van der Waals surface area contributed by atoms with Gasteiger partial charge in [0, 0.05) is 18.8 Å². The van der Waals surface area contributed by atoms with E-state index in [0.717, 1.165) is 17.8 Å². The highest BCUT2D eigenvalue weighted by atomic mass is 16.1. The first kappa shape index (κ1) is 15.9. The third kappa shape index (κ3) is 4.83. The van der Waals surface area contributed by atoms with Crippen molar-refractivity contribution in [2.24, 2.45) is 5.92 Å². The molecule has 2 rings (SSSR count). The summed E-state index contributed by atoms with van der Waals surface area (Å²) >= 11 is 0. The minimum atomic E-state index is -0.178. The van der Waals surface area contributed by atoms with Gasteiger partial charge in [-0.1, -0.05) is 13.8 Å². The van der Waals surface area contributed by atoms with Crippen molar-refractivity contribution in [3.8, 4) is 0 Å². The Morgan fingerprint density at radius 2 is 2.09 bits per heavy atom. The highest BCUT2D eigenvalue weighted by Crippen LogP contribution is 2.06. The highest BCUT2D eigenvalue weighted by Gasteiger charge is 2.10. The van der Waals surface area contributed by atoms with E-state index in [1.807, 2.05) is 19.1 Å². The van der Waals surface area contributed by atoms with E-state index in [4.69, 9.17) is 0 Å². The van der Waals surface area contributed by atoms with Gasteiger partial charge in [-0.05, 0) is 37.5 Å². The molecule has 0 saturated carbocycles. The monoisotopic (exact) mass is 302 g/mol. The van der Waals surface area contributed by atoms with Crippen LogP contribution in [0.15, 0.2) is 18.2 Å². The summed E-state index contributed by atoms with van der Waals surface area (Å²) in [5, 5.41) is 20.8. The number of aromatic nitrogens is 4. The summed E-state index contributed by atoms with van der Waals surface area (Å²) in [6.45, 7) is 7.20. The zero-order valence-corrected chi connectivity index (χ0v) is 13.2. The molecule has 0 aromatic carbocycles. The third-order valence-electron chi connectivity index (χ3n) is 3.01. The second-order valence-electron chi connectivity index (χ2n) is 5.62. The normalized spacial score (nSPS) is 10.7. The van der Waals surface area contributed by atoms with E-state index in [1.165, 1.54) is 0 Å². The first-order valence-electron chi connectivity index (χ1n) is 7.41. The van der Waals surface area contributed by atoms with Crippen molar-refractivity contribution in [2.75, 3.05) is 18.4 Å². The Morgan fingerprint density at radius 3 is 2.77 bits per heavy atom. The number of rotatable bonds is 7. The minimum absolute atomic E-state index is 0.178. The minimum Gasteiger partial charge on any atom is -0.367 e. The van der Waals surface area contributed by atoms with Crippen molar-refractivity contribution < 1.29 is 4.79 Å². The Hall–Kier alpha value is -2.44. The van der Waals surface area contributed by atoms with Gasteiger partial charge in [0.1, 0.15) is 11.5 Å². The maximum absolute atomic E-state index is 12.0. The van der Waals surface area contributed by atoms with Crippen LogP contribution in [-0.2, 0) is 6.42 Å². The SMILES string of the molecule is Cc1ccc(NCCNC(=O)c2cc(CC(C)C)[nH]n2)nn1. The zero-order chi connectivity index (χ0) is 15.9. The van der Waals surface area contributed by atoms with Crippen LogP contribution in [0.2, 0.25) is 0 Å². The molecular formula is C15H22N6O. The molecule has 0 fully saturated rings. The molecule has 0 atom stereocenters. The maximum Gasteiger partial charge on any atom is 0.271 e. The average molecular weight is 302 g/mol. The number of hydrogen-bond donors (Lipinski definition) is 3. The molecule has 1 amide bonds. The van der Waals surface area contributed by atoms with Gasteiger partial charge in [-0.3, -0.25) is 9.89 Å². The molecule has 7 heteroatoms. The quantitative estimate of drug-likeness (QED) is 0.674. The molecule has 2 aromatic rings.